The standard InChI is InChI=1S/C15H20ClN3/c1-15(7-3-2-4-8-15)17-9-13-11-19-10-12(16)5-6-14(19)18-13/h5-6,10-11,17H,2-4,7-9H2,1H3. The lowest BCUT2D eigenvalue weighted by Gasteiger charge is -2.34. The summed E-state index contributed by atoms with van der Waals surface area (Å²) in [4.78, 5) is 4.61. The van der Waals surface area contributed by atoms with Gasteiger partial charge in [-0.3, -0.25) is 0 Å². The number of halogens is 1. The maximum Gasteiger partial charge on any atom is 0.137 e. The Hall–Kier alpha value is -1.06. The minimum Gasteiger partial charge on any atom is -0.306 e. The fourth-order valence-corrected chi connectivity index (χ4v) is 3.08. The molecule has 1 N–H and O–H groups in total. The van der Waals surface area contributed by atoms with Crippen molar-refractivity contribution in [2.45, 2.75) is 51.1 Å². The molecule has 19 heavy (non-hydrogen) atoms. The van der Waals surface area contributed by atoms with Crippen LogP contribution in [-0.4, -0.2) is 14.9 Å². The van der Waals surface area contributed by atoms with Gasteiger partial charge < -0.3 is 9.72 Å². The van der Waals surface area contributed by atoms with Crippen LogP contribution < -0.4 is 5.32 Å². The maximum absolute atomic E-state index is 5.98. The zero-order valence-corrected chi connectivity index (χ0v) is 12.1. The van der Waals surface area contributed by atoms with Gasteiger partial charge in [0.05, 0.1) is 10.7 Å². The molecule has 0 aliphatic heterocycles. The third kappa shape index (κ3) is 2.93. The van der Waals surface area contributed by atoms with E-state index in [1.807, 2.05) is 22.7 Å². The molecule has 0 radical (unpaired) electrons. The summed E-state index contributed by atoms with van der Waals surface area (Å²) in [5.41, 5.74) is 2.31. The normalized spacial score (nSPS) is 18.8. The number of hydrogen-bond acceptors (Lipinski definition) is 2. The third-order valence-electron chi connectivity index (χ3n) is 4.12. The molecule has 1 fully saturated rings. The molecule has 1 aliphatic carbocycles. The van der Waals surface area contributed by atoms with Gasteiger partial charge in [0.15, 0.2) is 0 Å². The number of nitrogens with zero attached hydrogens (tertiary/aromatic N) is 2. The van der Waals surface area contributed by atoms with Crippen LogP contribution in [0, 0.1) is 0 Å². The first-order chi connectivity index (χ1) is 9.15. The van der Waals surface area contributed by atoms with E-state index >= 15 is 0 Å². The maximum atomic E-state index is 5.98. The van der Waals surface area contributed by atoms with Gasteiger partial charge in [-0.1, -0.05) is 30.9 Å². The van der Waals surface area contributed by atoms with Gasteiger partial charge in [0, 0.05) is 24.5 Å². The number of rotatable bonds is 3. The molecular weight excluding hydrogens is 258 g/mol. The number of hydrogen-bond donors (Lipinski definition) is 1. The quantitative estimate of drug-likeness (QED) is 0.925. The molecule has 2 aromatic rings. The fraction of sp³-hybridized carbons (Fsp3) is 0.533. The Morgan fingerprint density at radius 3 is 2.84 bits per heavy atom. The van der Waals surface area contributed by atoms with Crippen molar-refractivity contribution in [1.29, 1.82) is 0 Å². The minimum atomic E-state index is 0.283. The van der Waals surface area contributed by atoms with E-state index in [-0.39, 0.29) is 5.54 Å². The van der Waals surface area contributed by atoms with E-state index < -0.39 is 0 Å². The fourth-order valence-electron chi connectivity index (χ4n) is 2.92. The molecule has 0 saturated heterocycles. The molecule has 4 heteroatoms. The molecule has 0 bridgehead atoms. The Morgan fingerprint density at radius 2 is 2.05 bits per heavy atom. The molecule has 3 rings (SSSR count). The monoisotopic (exact) mass is 277 g/mol. The van der Waals surface area contributed by atoms with E-state index in [0.717, 1.165) is 22.9 Å². The Labute approximate surface area is 119 Å². The molecule has 1 saturated carbocycles. The van der Waals surface area contributed by atoms with Crippen LogP contribution in [-0.2, 0) is 6.54 Å². The van der Waals surface area contributed by atoms with E-state index in [1.54, 1.807) is 0 Å². The van der Waals surface area contributed by atoms with Crippen LogP contribution in [0.3, 0.4) is 0 Å². The van der Waals surface area contributed by atoms with Gasteiger partial charge in [-0.15, -0.1) is 0 Å². The first-order valence-electron chi connectivity index (χ1n) is 7.03. The van der Waals surface area contributed by atoms with Crippen molar-refractivity contribution >= 4 is 17.2 Å². The summed E-state index contributed by atoms with van der Waals surface area (Å²) in [5.74, 6) is 0. The summed E-state index contributed by atoms with van der Waals surface area (Å²) in [5, 5.41) is 4.42. The highest BCUT2D eigenvalue weighted by Gasteiger charge is 2.25. The first kappa shape index (κ1) is 12.9. The predicted molar refractivity (Wildman–Crippen MR) is 78.5 cm³/mol. The molecule has 1 aliphatic rings. The molecule has 0 atom stereocenters. The van der Waals surface area contributed by atoms with Crippen LogP contribution in [0.15, 0.2) is 24.5 Å². The molecule has 0 amide bonds. The molecule has 0 unspecified atom stereocenters. The van der Waals surface area contributed by atoms with Crippen molar-refractivity contribution in [1.82, 2.24) is 14.7 Å². The lowest BCUT2D eigenvalue weighted by Crippen LogP contribution is -2.43. The molecule has 0 spiro atoms. The van der Waals surface area contributed by atoms with E-state index in [2.05, 4.69) is 23.4 Å². The van der Waals surface area contributed by atoms with Crippen molar-refractivity contribution in [2.75, 3.05) is 0 Å². The highest BCUT2D eigenvalue weighted by atomic mass is 35.5. The van der Waals surface area contributed by atoms with Crippen molar-refractivity contribution in [2.24, 2.45) is 0 Å². The van der Waals surface area contributed by atoms with Gasteiger partial charge >= 0.3 is 0 Å². The summed E-state index contributed by atoms with van der Waals surface area (Å²) < 4.78 is 1.99. The highest BCUT2D eigenvalue weighted by Crippen LogP contribution is 2.27. The van der Waals surface area contributed by atoms with Gasteiger partial charge in [-0.25, -0.2) is 4.98 Å². The lowest BCUT2D eigenvalue weighted by atomic mass is 9.83. The van der Waals surface area contributed by atoms with Gasteiger partial charge in [-0.2, -0.15) is 0 Å². The summed E-state index contributed by atoms with van der Waals surface area (Å²) in [6.07, 6.45) is 10.5. The predicted octanol–water partition coefficient (Wildman–Crippen LogP) is 3.80. The van der Waals surface area contributed by atoms with Crippen LogP contribution in [0.5, 0.6) is 0 Å². The van der Waals surface area contributed by atoms with E-state index in [0.29, 0.717) is 0 Å². The number of fused-ring (bicyclic) bond motifs is 1. The SMILES string of the molecule is CC1(NCc2cn3cc(Cl)ccc3n2)CCCCC1. The molecule has 102 valence electrons. The van der Waals surface area contributed by atoms with Crippen molar-refractivity contribution < 1.29 is 0 Å². The van der Waals surface area contributed by atoms with Gasteiger partial charge in [0.2, 0.25) is 0 Å². The topological polar surface area (TPSA) is 29.3 Å². The zero-order chi connectivity index (χ0) is 13.3. The van der Waals surface area contributed by atoms with Gasteiger partial charge in [0.1, 0.15) is 5.65 Å². The number of nitrogens with one attached hydrogen (secondary N) is 1. The van der Waals surface area contributed by atoms with Gasteiger partial charge in [0.25, 0.3) is 0 Å². The second-order valence-electron chi connectivity index (χ2n) is 5.82. The zero-order valence-electron chi connectivity index (χ0n) is 11.3. The summed E-state index contributed by atoms with van der Waals surface area (Å²) >= 11 is 5.98. The number of aromatic nitrogens is 2. The first-order valence-corrected chi connectivity index (χ1v) is 7.41. The Bertz CT molecular complexity index is 570. The number of imidazole rings is 1. The smallest absolute Gasteiger partial charge is 0.137 e. The van der Waals surface area contributed by atoms with Crippen LogP contribution >= 0.6 is 11.6 Å². The van der Waals surface area contributed by atoms with Crippen molar-refractivity contribution in [3.05, 3.63) is 35.2 Å². The second-order valence-corrected chi connectivity index (χ2v) is 6.26. The molecule has 2 heterocycles. The summed E-state index contributed by atoms with van der Waals surface area (Å²) in [6.45, 7) is 3.16. The third-order valence-corrected chi connectivity index (χ3v) is 4.34. The Balaban J connectivity index is 1.71. The Morgan fingerprint density at radius 1 is 1.26 bits per heavy atom. The van der Waals surface area contributed by atoms with Crippen LogP contribution in [0.25, 0.3) is 5.65 Å². The van der Waals surface area contributed by atoms with E-state index in [4.69, 9.17) is 11.6 Å². The van der Waals surface area contributed by atoms with Crippen LogP contribution in [0.2, 0.25) is 5.02 Å². The lowest BCUT2D eigenvalue weighted by molar-refractivity contribution is 0.251. The molecule has 2 aromatic heterocycles. The van der Waals surface area contributed by atoms with E-state index in [9.17, 15) is 0 Å². The minimum absolute atomic E-state index is 0.283. The van der Waals surface area contributed by atoms with Crippen LogP contribution in [0.1, 0.15) is 44.7 Å². The largest absolute Gasteiger partial charge is 0.306 e. The molecule has 0 aromatic carbocycles. The average molecular weight is 278 g/mol. The molecule has 3 nitrogen and oxygen atoms in total. The van der Waals surface area contributed by atoms with Crippen molar-refractivity contribution in [3.8, 4) is 0 Å². The molecular formula is C15H20ClN3. The van der Waals surface area contributed by atoms with E-state index in [1.165, 1.54) is 32.1 Å². The summed E-state index contributed by atoms with van der Waals surface area (Å²) in [7, 11) is 0. The Kier molecular flexibility index (Phi) is 3.50. The van der Waals surface area contributed by atoms with Crippen LogP contribution in [0.4, 0.5) is 0 Å². The number of pyridine rings is 1. The summed E-state index contributed by atoms with van der Waals surface area (Å²) in [6, 6.07) is 3.83. The second kappa shape index (κ2) is 5.14. The van der Waals surface area contributed by atoms with Crippen molar-refractivity contribution in [3.63, 3.8) is 0 Å². The average Bonchev–Trinajstić information content (AvgIpc) is 2.79. The van der Waals surface area contributed by atoms with Gasteiger partial charge in [-0.05, 0) is 31.9 Å². The highest BCUT2D eigenvalue weighted by molar-refractivity contribution is 6.30.